The first-order valence-electron chi connectivity index (χ1n) is 7.02. The second kappa shape index (κ2) is 6.15. The molecule has 4 nitrogen and oxygen atoms in total. The lowest BCUT2D eigenvalue weighted by atomic mass is 10.2. The Morgan fingerprint density at radius 3 is 2.50 bits per heavy atom. The third-order valence-electron chi connectivity index (χ3n) is 3.37. The molecule has 1 heterocycles. The molecule has 2 aromatic carbocycles. The first-order chi connectivity index (χ1) is 10.6. The maximum Gasteiger partial charge on any atom is 0.233 e. The largest absolute Gasteiger partial charge is 0.282 e. The summed E-state index contributed by atoms with van der Waals surface area (Å²) in [5, 5.41) is 0.908. The van der Waals surface area contributed by atoms with Crippen LogP contribution in [0, 0.1) is 0 Å². The second-order valence-corrected chi connectivity index (χ2v) is 6.92. The predicted octanol–water partition coefficient (Wildman–Crippen LogP) is 3.22. The van der Waals surface area contributed by atoms with Gasteiger partial charge >= 0.3 is 0 Å². The van der Waals surface area contributed by atoms with Gasteiger partial charge < -0.3 is 0 Å². The molecule has 0 aliphatic carbocycles. The van der Waals surface area contributed by atoms with Gasteiger partial charge in [0.05, 0.1) is 23.2 Å². The lowest BCUT2D eigenvalue weighted by Gasteiger charge is -2.08. The van der Waals surface area contributed by atoms with Crippen LogP contribution in [0.15, 0.2) is 66.9 Å². The van der Waals surface area contributed by atoms with Crippen LogP contribution in [-0.4, -0.2) is 19.2 Å². The fraction of sp³-hybridized carbons (Fsp3) is 0.118. The first kappa shape index (κ1) is 14.5. The average molecular weight is 312 g/mol. The van der Waals surface area contributed by atoms with Crippen LogP contribution in [0.2, 0.25) is 0 Å². The third-order valence-corrected chi connectivity index (χ3v) is 4.65. The van der Waals surface area contributed by atoms with Crippen LogP contribution in [-0.2, 0) is 16.4 Å². The van der Waals surface area contributed by atoms with E-state index in [9.17, 15) is 8.42 Å². The Bertz CT molecular complexity index is 877. The van der Waals surface area contributed by atoms with Crippen molar-refractivity contribution in [2.75, 3.05) is 10.5 Å². The van der Waals surface area contributed by atoms with Crippen LogP contribution in [0.4, 0.5) is 5.69 Å². The van der Waals surface area contributed by atoms with Crippen LogP contribution in [0.1, 0.15) is 5.56 Å². The van der Waals surface area contributed by atoms with Gasteiger partial charge in [0.25, 0.3) is 0 Å². The molecule has 0 bridgehead atoms. The fourth-order valence-electron chi connectivity index (χ4n) is 2.25. The van der Waals surface area contributed by atoms with Crippen molar-refractivity contribution in [2.45, 2.75) is 6.42 Å². The molecular weight excluding hydrogens is 296 g/mol. The Hall–Kier alpha value is -2.40. The number of hydrogen-bond donors (Lipinski definition) is 1. The Morgan fingerprint density at radius 2 is 1.68 bits per heavy atom. The normalized spacial score (nSPS) is 11.5. The van der Waals surface area contributed by atoms with E-state index in [1.165, 1.54) is 0 Å². The summed E-state index contributed by atoms with van der Waals surface area (Å²) in [6.45, 7) is 0. The molecule has 1 aromatic heterocycles. The molecule has 0 unspecified atom stereocenters. The maximum atomic E-state index is 12.2. The molecule has 1 N–H and O–H groups in total. The number of anilines is 1. The van der Waals surface area contributed by atoms with Crippen LogP contribution >= 0.6 is 0 Å². The molecule has 3 aromatic rings. The molecule has 0 aliphatic rings. The number of sulfonamides is 1. The number of fused-ring (bicyclic) bond motifs is 1. The predicted molar refractivity (Wildman–Crippen MR) is 89.3 cm³/mol. The van der Waals surface area contributed by atoms with Gasteiger partial charge in [0.2, 0.25) is 10.0 Å². The van der Waals surface area contributed by atoms with Crippen molar-refractivity contribution >= 4 is 26.6 Å². The Balaban J connectivity index is 1.72. The summed E-state index contributed by atoms with van der Waals surface area (Å²) < 4.78 is 26.9. The molecule has 0 radical (unpaired) electrons. The smallest absolute Gasteiger partial charge is 0.233 e. The molecule has 0 spiro atoms. The number of para-hydroxylation sites is 1. The van der Waals surface area contributed by atoms with Crippen LogP contribution in [0.5, 0.6) is 0 Å². The lowest BCUT2D eigenvalue weighted by molar-refractivity contribution is 0.600. The van der Waals surface area contributed by atoms with Gasteiger partial charge in [0.1, 0.15) is 0 Å². The van der Waals surface area contributed by atoms with Crippen LogP contribution in [0.3, 0.4) is 0 Å². The molecule has 0 saturated carbocycles. The molecule has 22 heavy (non-hydrogen) atoms. The molecule has 3 rings (SSSR count). The van der Waals surface area contributed by atoms with E-state index in [0.717, 1.165) is 16.5 Å². The minimum atomic E-state index is -3.39. The highest BCUT2D eigenvalue weighted by molar-refractivity contribution is 7.92. The highest BCUT2D eigenvalue weighted by Gasteiger charge is 2.11. The van der Waals surface area contributed by atoms with Crippen molar-refractivity contribution in [2.24, 2.45) is 0 Å². The Morgan fingerprint density at radius 1 is 0.955 bits per heavy atom. The van der Waals surface area contributed by atoms with Crippen LogP contribution in [0.25, 0.3) is 10.9 Å². The average Bonchev–Trinajstić information content (AvgIpc) is 2.54. The monoisotopic (exact) mass is 312 g/mol. The van der Waals surface area contributed by atoms with Gasteiger partial charge in [-0.1, -0.05) is 48.5 Å². The molecule has 112 valence electrons. The lowest BCUT2D eigenvalue weighted by Crippen LogP contribution is -2.18. The molecule has 0 fully saturated rings. The summed E-state index contributed by atoms with van der Waals surface area (Å²) in [7, 11) is -3.39. The zero-order chi connectivity index (χ0) is 15.4. The molecule has 0 atom stereocenters. The van der Waals surface area contributed by atoms with E-state index < -0.39 is 10.0 Å². The van der Waals surface area contributed by atoms with Gasteiger partial charge in [-0.3, -0.25) is 9.71 Å². The van der Waals surface area contributed by atoms with Gasteiger partial charge in [0.15, 0.2) is 0 Å². The van der Waals surface area contributed by atoms with Gasteiger partial charge in [-0.05, 0) is 24.1 Å². The molecular formula is C17H16N2O2S. The molecule has 0 aliphatic heterocycles. The quantitative estimate of drug-likeness (QED) is 0.787. The van der Waals surface area contributed by atoms with Gasteiger partial charge in [-0.15, -0.1) is 0 Å². The van der Waals surface area contributed by atoms with Gasteiger partial charge in [-0.25, -0.2) is 8.42 Å². The molecule has 0 amide bonds. The SMILES string of the molecule is O=S(=O)(CCc1ccccc1)Nc1cnc2ccccc2c1. The minimum Gasteiger partial charge on any atom is -0.282 e. The van der Waals surface area contributed by atoms with E-state index in [0.29, 0.717) is 12.1 Å². The number of pyridine rings is 1. The Kier molecular flexibility index (Phi) is 4.06. The molecule has 5 heteroatoms. The summed E-state index contributed by atoms with van der Waals surface area (Å²) in [5.74, 6) is 0.0455. The van der Waals surface area contributed by atoms with Crippen molar-refractivity contribution in [1.82, 2.24) is 4.98 Å². The number of nitrogens with one attached hydrogen (secondary N) is 1. The van der Waals surface area contributed by atoms with Crippen molar-refractivity contribution in [3.63, 3.8) is 0 Å². The van der Waals surface area contributed by atoms with Crippen molar-refractivity contribution < 1.29 is 8.42 Å². The van der Waals surface area contributed by atoms with E-state index in [1.807, 2.05) is 54.6 Å². The number of aromatic nitrogens is 1. The summed E-state index contributed by atoms with van der Waals surface area (Å²) in [5.41, 5.74) is 2.34. The highest BCUT2D eigenvalue weighted by atomic mass is 32.2. The van der Waals surface area contributed by atoms with Gasteiger partial charge in [-0.2, -0.15) is 0 Å². The summed E-state index contributed by atoms with van der Waals surface area (Å²) in [6, 6.07) is 19.0. The second-order valence-electron chi connectivity index (χ2n) is 5.07. The van der Waals surface area contributed by atoms with Crippen molar-refractivity contribution in [3.05, 3.63) is 72.4 Å². The summed E-state index contributed by atoms with van der Waals surface area (Å²) in [6.07, 6.45) is 2.03. The van der Waals surface area contributed by atoms with Crippen LogP contribution < -0.4 is 4.72 Å². The van der Waals surface area contributed by atoms with E-state index in [4.69, 9.17) is 0 Å². The summed E-state index contributed by atoms with van der Waals surface area (Å²) in [4.78, 5) is 4.26. The maximum absolute atomic E-state index is 12.2. The summed E-state index contributed by atoms with van der Waals surface area (Å²) >= 11 is 0. The van der Waals surface area contributed by atoms with E-state index in [1.54, 1.807) is 12.3 Å². The minimum absolute atomic E-state index is 0.0455. The zero-order valence-electron chi connectivity index (χ0n) is 11.9. The standard InChI is InChI=1S/C17H16N2O2S/c20-22(21,11-10-14-6-2-1-3-7-14)19-16-12-15-8-4-5-9-17(15)18-13-16/h1-9,12-13,19H,10-11H2. The number of aryl methyl sites for hydroxylation is 1. The number of rotatable bonds is 5. The van der Waals surface area contributed by atoms with Gasteiger partial charge in [0, 0.05) is 5.39 Å². The zero-order valence-corrected chi connectivity index (χ0v) is 12.8. The van der Waals surface area contributed by atoms with E-state index in [-0.39, 0.29) is 5.75 Å². The van der Waals surface area contributed by atoms with E-state index in [2.05, 4.69) is 9.71 Å². The number of nitrogens with zero attached hydrogens (tertiary/aromatic N) is 1. The van der Waals surface area contributed by atoms with Crippen molar-refractivity contribution in [3.8, 4) is 0 Å². The third kappa shape index (κ3) is 3.62. The highest BCUT2D eigenvalue weighted by Crippen LogP contribution is 2.17. The number of hydrogen-bond acceptors (Lipinski definition) is 3. The molecule has 0 saturated heterocycles. The first-order valence-corrected chi connectivity index (χ1v) is 8.67. The van der Waals surface area contributed by atoms with Crippen molar-refractivity contribution in [1.29, 1.82) is 0 Å². The Labute approximate surface area is 129 Å². The topological polar surface area (TPSA) is 59.1 Å². The van der Waals surface area contributed by atoms with E-state index >= 15 is 0 Å². The fourth-order valence-corrected chi connectivity index (χ4v) is 3.33. The number of benzene rings is 2.